The van der Waals surface area contributed by atoms with Gasteiger partial charge in [-0.15, -0.1) is 0 Å². The fraction of sp³-hybridized carbons (Fsp3) is 0.824. The third-order valence-electron chi connectivity index (χ3n) is 15.8. The molecule has 6 heteroatoms. The van der Waals surface area contributed by atoms with Crippen LogP contribution < -0.4 is 0 Å². The molecule has 0 fully saturated rings. The summed E-state index contributed by atoms with van der Waals surface area (Å²) >= 11 is 0. The van der Waals surface area contributed by atoms with Crippen molar-refractivity contribution < 1.29 is 28.6 Å². The molecule has 0 N–H and O–H groups in total. The van der Waals surface area contributed by atoms with Crippen LogP contribution >= 0.6 is 0 Å². The van der Waals surface area contributed by atoms with Crippen LogP contribution in [0.1, 0.15) is 374 Å². The minimum Gasteiger partial charge on any atom is -0.462 e. The fourth-order valence-electron chi connectivity index (χ4n) is 10.5. The lowest BCUT2D eigenvalue weighted by molar-refractivity contribution is -0.167. The number of hydrogen-bond acceptors (Lipinski definition) is 6. The molecule has 1 atom stereocenters. The van der Waals surface area contributed by atoms with Crippen LogP contribution in [-0.2, 0) is 28.6 Å². The van der Waals surface area contributed by atoms with Crippen molar-refractivity contribution in [2.75, 3.05) is 13.2 Å². The number of carbonyl (C=O) groups is 3. The third kappa shape index (κ3) is 65.9. The number of hydrogen-bond donors (Lipinski definition) is 0. The van der Waals surface area contributed by atoms with Gasteiger partial charge in [0.25, 0.3) is 0 Å². The average molecular weight is 1120 g/mol. The molecule has 0 aromatic rings. The van der Waals surface area contributed by atoms with Gasteiger partial charge < -0.3 is 14.2 Å². The molecule has 0 radical (unpaired) electrons. The second-order valence-corrected chi connectivity index (χ2v) is 23.8. The largest absolute Gasteiger partial charge is 0.462 e. The molecule has 0 heterocycles. The summed E-state index contributed by atoms with van der Waals surface area (Å²) in [6, 6.07) is 0. The summed E-state index contributed by atoms with van der Waals surface area (Å²) < 4.78 is 16.9. The summed E-state index contributed by atoms with van der Waals surface area (Å²) in [5.41, 5.74) is 0. The van der Waals surface area contributed by atoms with Crippen LogP contribution in [0.3, 0.4) is 0 Å². The lowest BCUT2D eigenvalue weighted by Gasteiger charge is -2.18. The smallest absolute Gasteiger partial charge is 0.306 e. The highest BCUT2D eigenvalue weighted by Gasteiger charge is 2.19. The first-order valence-corrected chi connectivity index (χ1v) is 35.3. The van der Waals surface area contributed by atoms with E-state index in [0.717, 1.165) is 89.9 Å². The van der Waals surface area contributed by atoms with E-state index in [1.165, 1.54) is 244 Å². The van der Waals surface area contributed by atoms with E-state index in [9.17, 15) is 14.4 Å². The molecule has 466 valence electrons. The minimum absolute atomic E-state index is 0.0732. The van der Waals surface area contributed by atoms with Gasteiger partial charge in [-0.05, 0) is 83.5 Å². The number of allylic oxidation sites excluding steroid dienone is 10. The van der Waals surface area contributed by atoms with E-state index in [4.69, 9.17) is 14.2 Å². The third-order valence-corrected chi connectivity index (χ3v) is 15.8. The Hall–Kier alpha value is -2.89. The summed E-state index contributed by atoms with van der Waals surface area (Å²) in [6.45, 7) is 6.55. The Morgan fingerprint density at radius 1 is 0.263 bits per heavy atom. The molecule has 0 saturated heterocycles. The SMILES string of the molecule is CC/C=C\C/C=C\C/C=C\CCCCCCCCCC(=O)OC(COC(=O)CCCCCCCCCCCC)COC(=O)CCCCCCCCCCCCCCCCCCCCCCCCC/C=C\C/C=C\CCCCCCC. The van der Waals surface area contributed by atoms with Crippen molar-refractivity contribution in [3.05, 3.63) is 60.8 Å². The molecule has 0 aliphatic rings. The first-order chi connectivity index (χ1) is 39.5. The summed E-state index contributed by atoms with van der Waals surface area (Å²) in [7, 11) is 0. The van der Waals surface area contributed by atoms with Crippen LogP contribution in [0.5, 0.6) is 0 Å². The van der Waals surface area contributed by atoms with Gasteiger partial charge in [-0.2, -0.15) is 0 Å². The Balaban J connectivity index is 4.03. The van der Waals surface area contributed by atoms with E-state index >= 15 is 0 Å². The highest BCUT2D eigenvalue weighted by Crippen LogP contribution is 2.18. The predicted molar refractivity (Wildman–Crippen MR) is 348 cm³/mol. The van der Waals surface area contributed by atoms with Crippen LogP contribution in [0.25, 0.3) is 0 Å². The van der Waals surface area contributed by atoms with Crippen molar-refractivity contribution in [2.24, 2.45) is 0 Å². The van der Waals surface area contributed by atoms with Crippen LogP contribution in [0, 0.1) is 0 Å². The molecule has 0 spiro atoms. The minimum atomic E-state index is -0.776. The number of carbonyl (C=O) groups excluding carboxylic acids is 3. The maximum Gasteiger partial charge on any atom is 0.306 e. The van der Waals surface area contributed by atoms with Crippen molar-refractivity contribution in [2.45, 2.75) is 380 Å². The summed E-state index contributed by atoms with van der Waals surface area (Å²) in [4.78, 5) is 38.3. The quantitative estimate of drug-likeness (QED) is 0.0261. The Morgan fingerprint density at radius 3 is 0.762 bits per heavy atom. The lowest BCUT2D eigenvalue weighted by atomic mass is 10.0. The number of ether oxygens (including phenoxy) is 3. The molecule has 0 aliphatic carbocycles. The van der Waals surface area contributed by atoms with Crippen molar-refractivity contribution in [1.29, 1.82) is 0 Å². The van der Waals surface area contributed by atoms with Gasteiger partial charge in [-0.25, -0.2) is 0 Å². The Bertz CT molecular complexity index is 1430. The van der Waals surface area contributed by atoms with Crippen LogP contribution in [0.2, 0.25) is 0 Å². The molecule has 0 bridgehead atoms. The van der Waals surface area contributed by atoms with Gasteiger partial charge >= 0.3 is 17.9 Å². The molecule has 80 heavy (non-hydrogen) atoms. The summed E-state index contributed by atoms with van der Waals surface area (Å²) in [5, 5.41) is 0. The van der Waals surface area contributed by atoms with Crippen molar-refractivity contribution >= 4 is 17.9 Å². The maximum absolute atomic E-state index is 12.9. The zero-order valence-electron chi connectivity index (χ0n) is 53.6. The zero-order chi connectivity index (χ0) is 57.8. The normalized spacial score (nSPS) is 12.4. The first kappa shape index (κ1) is 77.1. The number of unbranched alkanes of at least 4 members (excludes halogenated alkanes) is 44. The predicted octanol–water partition coefficient (Wildman–Crippen LogP) is 24.3. The monoisotopic (exact) mass is 1120 g/mol. The van der Waals surface area contributed by atoms with E-state index in [1.807, 2.05) is 0 Å². The van der Waals surface area contributed by atoms with Gasteiger partial charge in [0.15, 0.2) is 6.10 Å². The first-order valence-electron chi connectivity index (χ1n) is 35.3. The van der Waals surface area contributed by atoms with E-state index in [-0.39, 0.29) is 31.1 Å². The Labute approximate surface area is 498 Å². The zero-order valence-corrected chi connectivity index (χ0v) is 53.6. The average Bonchev–Trinajstić information content (AvgIpc) is 3.46. The fourth-order valence-corrected chi connectivity index (χ4v) is 10.5. The second-order valence-electron chi connectivity index (χ2n) is 23.8. The molecule has 0 aromatic carbocycles. The molecule has 0 aliphatic heterocycles. The van der Waals surface area contributed by atoms with E-state index in [1.54, 1.807) is 0 Å². The van der Waals surface area contributed by atoms with Gasteiger partial charge in [0.2, 0.25) is 0 Å². The van der Waals surface area contributed by atoms with Gasteiger partial charge in [0, 0.05) is 19.3 Å². The standard InChI is InChI=1S/C74H134O6/c1-4-7-10-13-16-19-22-24-26-28-29-30-31-32-33-34-35-36-37-38-39-40-41-42-43-44-45-47-48-50-52-55-58-61-64-67-73(76)79-70-71(69-78-72(75)66-63-60-57-54-21-18-15-12-9-6-3)80-74(77)68-65-62-59-56-53-51-49-46-27-25-23-20-17-14-11-8-5-2/h8,11,17,20,22,24-25,27-29,71H,4-7,9-10,12-16,18-19,21,23,26,30-70H2,1-3H3/b11-8-,20-17-,24-22-,27-25-,29-28-. The van der Waals surface area contributed by atoms with E-state index in [0.29, 0.717) is 19.3 Å². The van der Waals surface area contributed by atoms with Gasteiger partial charge in [0.05, 0.1) is 0 Å². The topological polar surface area (TPSA) is 78.9 Å². The molecular weight excluding hydrogens is 985 g/mol. The van der Waals surface area contributed by atoms with Gasteiger partial charge in [0.1, 0.15) is 13.2 Å². The Morgan fingerprint density at radius 2 is 0.487 bits per heavy atom. The molecule has 1 unspecified atom stereocenters. The summed E-state index contributed by atoms with van der Waals surface area (Å²) in [6.07, 6.45) is 88.5. The molecule has 0 saturated carbocycles. The Kier molecular flexibility index (Phi) is 66.1. The van der Waals surface area contributed by atoms with E-state index < -0.39 is 6.10 Å². The van der Waals surface area contributed by atoms with Crippen molar-refractivity contribution in [3.8, 4) is 0 Å². The lowest BCUT2D eigenvalue weighted by Crippen LogP contribution is -2.30. The summed E-state index contributed by atoms with van der Waals surface area (Å²) in [5.74, 6) is -0.864. The number of rotatable bonds is 65. The molecule has 0 amide bonds. The number of esters is 3. The second kappa shape index (κ2) is 68.6. The highest BCUT2D eigenvalue weighted by molar-refractivity contribution is 5.71. The van der Waals surface area contributed by atoms with Crippen molar-refractivity contribution in [3.63, 3.8) is 0 Å². The van der Waals surface area contributed by atoms with Crippen LogP contribution in [0.4, 0.5) is 0 Å². The van der Waals surface area contributed by atoms with Crippen LogP contribution in [0.15, 0.2) is 60.8 Å². The van der Waals surface area contributed by atoms with E-state index in [2.05, 4.69) is 81.5 Å². The van der Waals surface area contributed by atoms with Gasteiger partial charge in [-0.3, -0.25) is 14.4 Å². The maximum atomic E-state index is 12.9. The molecule has 6 nitrogen and oxygen atoms in total. The molecular formula is C74H134O6. The van der Waals surface area contributed by atoms with Crippen LogP contribution in [-0.4, -0.2) is 37.2 Å². The van der Waals surface area contributed by atoms with Crippen molar-refractivity contribution in [1.82, 2.24) is 0 Å². The molecule has 0 rings (SSSR count). The van der Waals surface area contributed by atoms with Gasteiger partial charge in [-0.1, -0.05) is 332 Å². The molecule has 0 aromatic heterocycles. The highest BCUT2D eigenvalue weighted by atomic mass is 16.6.